The highest BCUT2D eigenvalue weighted by molar-refractivity contribution is 6.34. The lowest BCUT2D eigenvalue weighted by Crippen LogP contribution is -2.16. The van der Waals surface area contributed by atoms with Crippen LogP contribution in [0.25, 0.3) is 0 Å². The molecule has 0 aliphatic carbocycles. The van der Waals surface area contributed by atoms with Crippen LogP contribution >= 0.6 is 23.2 Å². The third-order valence-electron chi connectivity index (χ3n) is 3.53. The lowest BCUT2D eigenvalue weighted by molar-refractivity contribution is -0.385. The van der Waals surface area contributed by atoms with Gasteiger partial charge in [-0.15, -0.1) is 0 Å². The van der Waals surface area contributed by atoms with Gasteiger partial charge in [0.2, 0.25) is 0 Å². The zero-order valence-electron chi connectivity index (χ0n) is 16.1. The fraction of sp³-hybridized carbons (Fsp3) is 0.222. The average molecular weight is 491 g/mol. The van der Waals surface area contributed by atoms with Crippen molar-refractivity contribution in [2.75, 3.05) is 26.4 Å². The largest absolute Gasteiger partial charge is 0.478 e. The van der Waals surface area contributed by atoms with Gasteiger partial charge in [0.15, 0.2) is 0 Å². The van der Waals surface area contributed by atoms with E-state index in [1.165, 1.54) is 0 Å². The number of non-ortho nitro benzene ring substituents is 2. The molecule has 1 fully saturated rings. The number of halogens is 2. The molecule has 2 N–H and O–H groups in total. The molecule has 1 aliphatic heterocycles. The minimum absolute atomic E-state index is 0.137. The quantitative estimate of drug-likeness (QED) is 0.470. The molecule has 14 heteroatoms. The first-order valence-electron chi connectivity index (χ1n) is 8.54. The van der Waals surface area contributed by atoms with Gasteiger partial charge in [-0.1, -0.05) is 23.2 Å². The fourth-order valence-corrected chi connectivity index (χ4v) is 2.53. The number of hydrogen-bond donors (Lipinski definition) is 2. The Bertz CT molecular complexity index is 911. The highest BCUT2D eigenvalue weighted by Gasteiger charge is 2.14. The molecule has 0 saturated carbocycles. The number of nitro groups is 2. The van der Waals surface area contributed by atoms with Crippen LogP contribution in [-0.4, -0.2) is 58.4 Å². The van der Waals surface area contributed by atoms with Crippen LogP contribution in [0.4, 0.5) is 11.4 Å². The first kappa shape index (κ1) is 26.7. The maximum atomic E-state index is 10.4. The van der Waals surface area contributed by atoms with Gasteiger partial charge in [-0.05, 0) is 12.1 Å². The number of ether oxygens (including phenoxy) is 2. The SMILES string of the molecule is C1COCCO1.O=C(O)c1ccc([N+](=O)[O-])cc1Cl.O=C(O)c1ccc([N+](=O)[O-])cc1Cl. The zero-order valence-corrected chi connectivity index (χ0v) is 17.6. The fourth-order valence-electron chi connectivity index (χ4n) is 2.02. The minimum atomic E-state index is -1.21. The Morgan fingerprint density at radius 2 is 1.06 bits per heavy atom. The van der Waals surface area contributed by atoms with Gasteiger partial charge in [-0.25, -0.2) is 9.59 Å². The third-order valence-corrected chi connectivity index (χ3v) is 4.16. The summed E-state index contributed by atoms with van der Waals surface area (Å²) in [6.45, 7) is 3.11. The summed E-state index contributed by atoms with van der Waals surface area (Å²) >= 11 is 11.0. The maximum absolute atomic E-state index is 10.4. The summed E-state index contributed by atoms with van der Waals surface area (Å²) in [6.07, 6.45) is 0. The first-order valence-corrected chi connectivity index (χ1v) is 9.30. The van der Waals surface area contributed by atoms with Gasteiger partial charge in [-0.3, -0.25) is 20.2 Å². The van der Waals surface area contributed by atoms with E-state index in [0.717, 1.165) is 62.8 Å². The number of carboxylic acids is 2. The lowest BCUT2D eigenvalue weighted by Gasteiger charge is -2.09. The van der Waals surface area contributed by atoms with Crippen LogP contribution in [0.5, 0.6) is 0 Å². The molecule has 12 nitrogen and oxygen atoms in total. The van der Waals surface area contributed by atoms with Gasteiger partial charge < -0.3 is 19.7 Å². The second-order valence-electron chi connectivity index (χ2n) is 5.68. The Hall–Kier alpha value is -3.32. The van der Waals surface area contributed by atoms with Crippen LogP contribution in [0.3, 0.4) is 0 Å². The standard InChI is InChI=1S/2C7H4ClNO4.C4H8O2/c2*8-6-3-4(9(12)13)1-2-5(6)7(10)11;1-2-6-4-3-5-1/h2*1-3H,(H,10,11);1-4H2. The summed E-state index contributed by atoms with van der Waals surface area (Å²) < 4.78 is 9.89. The van der Waals surface area contributed by atoms with Crippen molar-refractivity contribution in [2.24, 2.45) is 0 Å². The van der Waals surface area contributed by atoms with Gasteiger partial charge in [-0.2, -0.15) is 0 Å². The Morgan fingerprint density at radius 1 is 0.750 bits per heavy atom. The first-order chi connectivity index (χ1) is 15.0. The average Bonchev–Trinajstić information content (AvgIpc) is 2.75. The second-order valence-corrected chi connectivity index (χ2v) is 6.49. The number of nitrogens with zero attached hydrogens (tertiary/aromatic N) is 2. The molecule has 0 radical (unpaired) electrons. The number of carboxylic acid groups (broad SMARTS) is 2. The molecule has 172 valence electrons. The van der Waals surface area contributed by atoms with Gasteiger partial charge >= 0.3 is 11.9 Å². The van der Waals surface area contributed by atoms with Crippen LogP contribution in [-0.2, 0) is 9.47 Å². The molecular weight excluding hydrogens is 475 g/mol. The van der Waals surface area contributed by atoms with Gasteiger partial charge in [0, 0.05) is 24.3 Å². The highest BCUT2D eigenvalue weighted by atomic mass is 35.5. The number of benzene rings is 2. The van der Waals surface area contributed by atoms with Crippen molar-refractivity contribution in [3.63, 3.8) is 0 Å². The van der Waals surface area contributed by atoms with Crippen molar-refractivity contribution in [1.29, 1.82) is 0 Å². The minimum Gasteiger partial charge on any atom is -0.478 e. The van der Waals surface area contributed by atoms with E-state index in [4.69, 9.17) is 42.9 Å². The van der Waals surface area contributed by atoms with Gasteiger partial charge in [0.05, 0.1) is 57.4 Å². The lowest BCUT2D eigenvalue weighted by atomic mass is 10.2. The normalized spacial score (nSPS) is 12.3. The van der Waals surface area contributed by atoms with Crippen molar-refractivity contribution < 1.29 is 39.1 Å². The second kappa shape index (κ2) is 13.2. The Labute approximate surface area is 190 Å². The number of hydrogen-bond acceptors (Lipinski definition) is 8. The summed E-state index contributed by atoms with van der Waals surface area (Å²) in [5.74, 6) is -2.42. The van der Waals surface area contributed by atoms with E-state index in [9.17, 15) is 29.8 Å². The molecule has 2 aromatic rings. The third kappa shape index (κ3) is 8.81. The predicted molar refractivity (Wildman–Crippen MR) is 112 cm³/mol. The molecule has 0 spiro atoms. The molecule has 0 aromatic heterocycles. The van der Waals surface area contributed by atoms with Crippen molar-refractivity contribution in [1.82, 2.24) is 0 Å². The highest BCUT2D eigenvalue weighted by Crippen LogP contribution is 2.23. The number of nitro benzene ring substituents is 2. The molecule has 1 saturated heterocycles. The number of aromatic carboxylic acids is 2. The van der Waals surface area contributed by atoms with Crippen LogP contribution in [0.1, 0.15) is 20.7 Å². The van der Waals surface area contributed by atoms with E-state index in [0.29, 0.717) is 0 Å². The predicted octanol–water partition coefficient (Wildman–Crippen LogP) is 3.93. The van der Waals surface area contributed by atoms with Gasteiger partial charge in [0.25, 0.3) is 11.4 Å². The van der Waals surface area contributed by atoms with Crippen molar-refractivity contribution in [3.05, 3.63) is 77.8 Å². The number of carbonyl (C=O) groups is 2. The van der Waals surface area contributed by atoms with E-state index in [1.54, 1.807) is 0 Å². The van der Waals surface area contributed by atoms with E-state index in [1.807, 2.05) is 0 Å². The Morgan fingerprint density at radius 3 is 1.25 bits per heavy atom. The zero-order chi connectivity index (χ0) is 24.3. The van der Waals surface area contributed by atoms with E-state index >= 15 is 0 Å². The Balaban J connectivity index is 0.000000256. The topological polar surface area (TPSA) is 179 Å². The van der Waals surface area contributed by atoms with Crippen molar-refractivity contribution in [3.8, 4) is 0 Å². The Kier molecular flexibility index (Phi) is 11.0. The molecule has 0 amide bonds. The smallest absolute Gasteiger partial charge is 0.337 e. The summed E-state index contributed by atoms with van der Waals surface area (Å²) in [4.78, 5) is 40.1. The monoisotopic (exact) mass is 490 g/mol. The molecule has 0 atom stereocenters. The maximum Gasteiger partial charge on any atom is 0.337 e. The van der Waals surface area contributed by atoms with Crippen LogP contribution < -0.4 is 0 Å². The van der Waals surface area contributed by atoms with Crippen LogP contribution in [0, 0.1) is 20.2 Å². The van der Waals surface area contributed by atoms with Crippen molar-refractivity contribution >= 4 is 46.5 Å². The molecular formula is C18H16Cl2N2O10. The van der Waals surface area contributed by atoms with Crippen LogP contribution in [0.2, 0.25) is 10.0 Å². The molecule has 0 bridgehead atoms. The van der Waals surface area contributed by atoms with E-state index < -0.39 is 21.8 Å². The number of rotatable bonds is 4. The molecule has 3 rings (SSSR count). The molecule has 32 heavy (non-hydrogen) atoms. The molecule has 1 aliphatic rings. The molecule has 2 aromatic carbocycles. The summed E-state index contributed by atoms with van der Waals surface area (Å²) in [5, 5.41) is 37.3. The molecule has 0 unspecified atom stereocenters. The summed E-state index contributed by atoms with van der Waals surface area (Å²) in [5.41, 5.74) is -0.746. The van der Waals surface area contributed by atoms with E-state index in [2.05, 4.69) is 0 Å². The molecule has 1 heterocycles. The van der Waals surface area contributed by atoms with Gasteiger partial charge in [0.1, 0.15) is 0 Å². The van der Waals surface area contributed by atoms with Crippen LogP contribution in [0.15, 0.2) is 36.4 Å². The summed E-state index contributed by atoms with van der Waals surface area (Å²) in [7, 11) is 0. The summed E-state index contributed by atoms with van der Waals surface area (Å²) in [6, 6.07) is 6.40. The van der Waals surface area contributed by atoms with Crippen molar-refractivity contribution in [2.45, 2.75) is 0 Å². The van der Waals surface area contributed by atoms with E-state index in [-0.39, 0.29) is 32.5 Å².